The summed E-state index contributed by atoms with van der Waals surface area (Å²) in [5.74, 6) is 0.382. The molecular weight excluding hydrogens is 343 g/mol. The van der Waals surface area contributed by atoms with Crippen LogP contribution in [-0.4, -0.2) is 28.2 Å². The summed E-state index contributed by atoms with van der Waals surface area (Å²) in [5, 5.41) is 10.3. The molecule has 2 heterocycles. The van der Waals surface area contributed by atoms with Gasteiger partial charge in [0.2, 0.25) is 0 Å². The first-order valence-electron chi connectivity index (χ1n) is 9.16. The topological polar surface area (TPSA) is 37.6 Å². The molecule has 0 amide bonds. The van der Waals surface area contributed by atoms with Gasteiger partial charge in [-0.05, 0) is 53.9 Å². The maximum absolute atomic E-state index is 13.3. The molecule has 4 rings (SSSR count). The minimum atomic E-state index is -0.222. The molecule has 0 bridgehead atoms. The van der Waals surface area contributed by atoms with Gasteiger partial charge in [-0.15, -0.1) is 0 Å². The van der Waals surface area contributed by atoms with Crippen LogP contribution in [0.3, 0.4) is 0 Å². The van der Waals surface area contributed by atoms with Crippen LogP contribution in [0.5, 0.6) is 11.5 Å². The second-order valence-corrected chi connectivity index (χ2v) is 6.91. The van der Waals surface area contributed by atoms with Gasteiger partial charge in [-0.25, -0.2) is 4.39 Å². The lowest BCUT2D eigenvalue weighted by atomic mass is 10.0. The summed E-state index contributed by atoms with van der Waals surface area (Å²) in [6, 6.07) is 16.5. The van der Waals surface area contributed by atoms with Gasteiger partial charge in [0, 0.05) is 31.5 Å². The highest BCUT2D eigenvalue weighted by molar-refractivity contribution is 5.44. The van der Waals surface area contributed by atoms with Gasteiger partial charge in [0.25, 0.3) is 0 Å². The molecule has 5 heteroatoms. The third kappa shape index (κ3) is 3.55. The Labute approximate surface area is 158 Å². The van der Waals surface area contributed by atoms with Gasteiger partial charge in [-0.1, -0.05) is 18.2 Å². The van der Waals surface area contributed by atoms with Gasteiger partial charge in [-0.2, -0.15) is 0 Å². The number of ether oxygens (including phenoxy) is 1. The van der Waals surface area contributed by atoms with E-state index in [0.29, 0.717) is 12.3 Å². The molecule has 4 nitrogen and oxygen atoms in total. The Kier molecular flexibility index (Phi) is 4.86. The molecule has 0 saturated heterocycles. The molecule has 0 aliphatic carbocycles. The molecule has 0 saturated carbocycles. The minimum Gasteiger partial charge on any atom is -0.504 e. The Morgan fingerprint density at radius 2 is 1.93 bits per heavy atom. The van der Waals surface area contributed by atoms with Crippen LogP contribution in [-0.2, 0) is 13.1 Å². The van der Waals surface area contributed by atoms with E-state index in [0.717, 1.165) is 30.6 Å². The van der Waals surface area contributed by atoms with Crippen LogP contribution in [0.2, 0.25) is 0 Å². The summed E-state index contributed by atoms with van der Waals surface area (Å²) in [6.07, 6.45) is 3.13. The van der Waals surface area contributed by atoms with Crippen LogP contribution in [0.25, 0.3) is 0 Å². The van der Waals surface area contributed by atoms with Crippen molar-refractivity contribution in [3.63, 3.8) is 0 Å². The molecule has 0 radical (unpaired) electrons. The van der Waals surface area contributed by atoms with Crippen molar-refractivity contribution in [2.75, 3.05) is 13.7 Å². The van der Waals surface area contributed by atoms with Crippen LogP contribution in [0.1, 0.15) is 29.3 Å². The number of hydrogen-bond acceptors (Lipinski definition) is 3. The summed E-state index contributed by atoms with van der Waals surface area (Å²) in [6.45, 7) is 2.58. The van der Waals surface area contributed by atoms with E-state index in [2.05, 4.69) is 27.8 Å². The first-order valence-corrected chi connectivity index (χ1v) is 9.16. The monoisotopic (exact) mass is 366 g/mol. The number of nitrogens with zero attached hydrogens (tertiary/aromatic N) is 2. The molecule has 1 unspecified atom stereocenters. The standard InChI is InChI=1S/C22H23FN2O2/c1-27-21-10-7-17(14-20(21)26)22-19-4-2-11-24(19)12-3-13-25(22)15-16-5-8-18(23)9-6-16/h2,4-11,14,22,26H,3,12-13,15H2,1H3. The molecule has 27 heavy (non-hydrogen) atoms. The Bertz CT molecular complexity index is 920. The molecule has 0 spiro atoms. The van der Waals surface area contributed by atoms with Crippen molar-refractivity contribution in [3.8, 4) is 11.5 Å². The number of phenolic OH excluding ortho intramolecular Hbond substituents is 1. The second-order valence-electron chi connectivity index (χ2n) is 6.91. The summed E-state index contributed by atoms with van der Waals surface area (Å²) >= 11 is 0. The summed E-state index contributed by atoms with van der Waals surface area (Å²) < 4.78 is 20.8. The number of aromatic nitrogens is 1. The maximum Gasteiger partial charge on any atom is 0.160 e. The van der Waals surface area contributed by atoms with E-state index in [1.165, 1.54) is 17.8 Å². The number of halogens is 1. The number of phenols is 1. The van der Waals surface area contributed by atoms with Crippen molar-refractivity contribution in [1.82, 2.24) is 9.47 Å². The Balaban J connectivity index is 1.74. The van der Waals surface area contributed by atoms with E-state index in [1.54, 1.807) is 19.2 Å². The van der Waals surface area contributed by atoms with E-state index in [4.69, 9.17) is 4.74 Å². The predicted octanol–water partition coefficient (Wildman–Crippen LogP) is 4.34. The summed E-state index contributed by atoms with van der Waals surface area (Å²) in [5.41, 5.74) is 3.27. The highest BCUT2D eigenvalue weighted by Crippen LogP contribution is 2.37. The SMILES string of the molecule is COc1ccc(C2c3cccn3CCCN2Cc2ccc(F)cc2)cc1O. The lowest BCUT2D eigenvalue weighted by Crippen LogP contribution is -2.29. The largest absolute Gasteiger partial charge is 0.504 e. The number of benzene rings is 2. The molecule has 1 atom stereocenters. The quantitative estimate of drug-likeness (QED) is 0.747. The van der Waals surface area contributed by atoms with Crippen LogP contribution in [0, 0.1) is 5.82 Å². The molecule has 1 aliphatic heterocycles. The molecule has 1 aromatic heterocycles. The number of hydrogen-bond donors (Lipinski definition) is 1. The van der Waals surface area contributed by atoms with E-state index in [-0.39, 0.29) is 17.6 Å². The van der Waals surface area contributed by atoms with Crippen molar-refractivity contribution in [2.45, 2.75) is 25.6 Å². The number of fused-ring (bicyclic) bond motifs is 1. The lowest BCUT2D eigenvalue weighted by Gasteiger charge is -2.31. The van der Waals surface area contributed by atoms with Crippen molar-refractivity contribution in [1.29, 1.82) is 0 Å². The molecule has 1 N–H and O–H groups in total. The van der Waals surface area contributed by atoms with Crippen LogP contribution in [0.4, 0.5) is 4.39 Å². The molecule has 1 aliphatic rings. The van der Waals surface area contributed by atoms with E-state index in [1.807, 2.05) is 18.2 Å². The molecule has 3 aromatic rings. The zero-order valence-corrected chi connectivity index (χ0v) is 15.3. The molecular formula is C22H23FN2O2. The fourth-order valence-electron chi connectivity index (χ4n) is 3.89. The third-order valence-corrected chi connectivity index (χ3v) is 5.17. The lowest BCUT2D eigenvalue weighted by molar-refractivity contribution is 0.220. The average molecular weight is 366 g/mol. The van der Waals surface area contributed by atoms with E-state index in [9.17, 15) is 9.50 Å². The Morgan fingerprint density at radius 1 is 1.11 bits per heavy atom. The summed E-state index contributed by atoms with van der Waals surface area (Å²) in [4.78, 5) is 2.38. The molecule has 0 fully saturated rings. The molecule has 140 valence electrons. The first-order chi connectivity index (χ1) is 13.2. The number of aryl methyl sites for hydroxylation is 1. The smallest absolute Gasteiger partial charge is 0.160 e. The Hall–Kier alpha value is -2.79. The fourth-order valence-corrected chi connectivity index (χ4v) is 3.89. The van der Waals surface area contributed by atoms with Crippen LogP contribution < -0.4 is 4.74 Å². The van der Waals surface area contributed by atoms with Gasteiger partial charge >= 0.3 is 0 Å². The van der Waals surface area contributed by atoms with Crippen molar-refractivity contribution in [3.05, 3.63) is 83.4 Å². The normalized spacial score (nSPS) is 17.3. The highest BCUT2D eigenvalue weighted by atomic mass is 19.1. The van der Waals surface area contributed by atoms with Gasteiger partial charge < -0.3 is 14.4 Å². The van der Waals surface area contributed by atoms with E-state index >= 15 is 0 Å². The van der Waals surface area contributed by atoms with Crippen molar-refractivity contribution < 1.29 is 14.2 Å². The first kappa shape index (κ1) is 17.6. The van der Waals surface area contributed by atoms with Gasteiger partial charge in [0.15, 0.2) is 11.5 Å². The van der Waals surface area contributed by atoms with Crippen LogP contribution in [0.15, 0.2) is 60.8 Å². The zero-order chi connectivity index (χ0) is 18.8. The Morgan fingerprint density at radius 3 is 2.67 bits per heavy atom. The third-order valence-electron chi connectivity index (χ3n) is 5.17. The van der Waals surface area contributed by atoms with E-state index < -0.39 is 0 Å². The van der Waals surface area contributed by atoms with Crippen LogP contribution >= 0.6 is 0 Å². The van der Waals surface area contributed by atoms with Gasteiger partial charge in [0.05, 0.1) is 13.2 Å². The maximum atomic E-state index is 13.3. The molecule has 2 aromatic carbocycles. The highest BCUT2D eigenvalue weighted by Gasteiger charge is 2.28. The average Bonchev–Trinajstić information content (AvgIpc) is 3.05. The number of rotatable bonds is 4. The zero-order valence-electron chi connectivity index (χ0n) is 15.3. The minimum absolute atomic E-state index is 0.00404. The van der Waals surface area contributed by atoms with Gasteiger partial charge in [-0.3, -0.25) is 4.90 Å². The van der Waals surface area contributed by atoms with Crippen molar-refractivity contribution in [2.24, 2.45) is 0 Å². The van der Waals surface area contributed by atoms with Gasteiger partial charge in [0.1, 0.15) is 5.82 Å². The fraction of sp³-hybridized carbons (Fsp3) is 0.273. The summed E-state index contributed by atoms with van der Waals surface area (Å²) in [7, 11) is 1.55. The number of aromatic hydroxyl groups is 1. The van der Waals surface area contributed by atoms with Crippen molar-refractivity contribution >= 4 is 0 Å². The predicted molar refractivity (Wildman–Crippen MR) is 102 cm³/mol. The second kappa shape index (κ2) is 7.45. The number of methoxy groups -OCH3 is 1.